The summed E-state index contributed by atoms with van der Waals surface area (Å²) in [6, 6.07) is 16.2. The van der Waals surface area contributed by atoms with Gasteiger partial charge in [-0.25, -0.2) is 4.79 Å². The van der Waals surface area contributed by atoms with Crippen LogP contribution < -0.4 is 5.32 Å². The SMILES string of the molecule is C[C@@H](Nc1nnc(Cl)c2ccc(Br)cc12)c1cc(-c2ccccc2CN(C)C(=O)OC(C)(C)C)cs1. The van der Waals surface area contributed by atoms with E-state index in [2.05, 4.69) is 55.9 Å². The Bertz CT molecular complexity index is 1400. The van der Waals surface area contributed by atoms with E-state index >= 15 is 0 Å². The van der Waals surface area contributed by atoms with Crippen molar-refractivity contribution in [1.29, 1.82) is 0 Å². The highest BCUT2D eigenvalue weighted by Gasteiger charge is 2.21. The van der Waals surface area contributed by atoms with Crippen molar-refractivity contribution in [2.75, 3.05) is 12.4 Å². The largest absolute Gasteiger partial charge is 0.444 e. The molecule has 0 radical (unpaired) electrons. The Morgan fingerprint density at radius 2 is 1.92 bits per heavy atom. The standard InChI is InChI=1S/C27H28BrClN4O2S/c1-16(30-25-22-13-19(28)10-11-21(22)24(29)31-32-25)23-12-18(15-36-23)20-9-7-6-8-17(20)14-33(5)26(34)35-27(2,3)4/h6-13,15-16H,14H2,1-5H3,(H,30,32)/t16-/m1/s1. The topological polar surface area (TPSA) is 67.4 Å². The first-order valence-corrected chi connectivity index (χ1v) is 13.6. The Morgan fingerprint density at radius 1 is 1.17 bits per heavy atom. The summed E-state index contributed by atoms with van der Waals surface area (Å²) < 4.78 is 6.46. The van der Waals surface area contributed by atoms with Crippen molar-refractivity contribution < 1.29 is 9.53 Å². The van der Waals surface area contributed by atoms with Crippen molar-refractivity contribution >= 4 is 61.6 Å². The number of hydrogen-bond acceptors (Lipinski definition) is 6. The summed E-state index contributed by atoms with van der Waals surface area (Å²) >= 11 is 11.5. The second-order valence-corrected chi connectivity index (χ2v) is 11.8. The minimum absolute atomic E-state index is 0.00185. The van der Waals surface area contributed by atoms with E-state index in [0.29, 0.717) is 17.5 Å². The van der Waals surface area contributed by atoms with E-state index in [1.165, 1.54) is 0 Å². The van der Waals surface area contributed by atoms with Crippen LogP contribution >= 0.6 is 38.9 Å². The molecule has 6 nitrogen and oxygen atoms in total. The molecule has 0 saturated carbocycles. The molecule has 0 bridgehead atoms. The van der Waals surface area contributed by atoms with E-state index in [1.54, 1.807) is 23.3 Å². The third kappa shape index (κ3) is 6.17. The van der Waals surface area contributed by atoms with E-state index in [0.717, 1.165) is 36.8 Å². The van der Waals surface area contributed by atoms with Gasteiger partial charge in [0.25, 0.3) is 0 Å². The van der Waals surface area contributed by atoms with E-state index < -0.39 is 5.60 Å². The third-order valence-corrected chi connectivity index (χ3v) is 7.43. The van der Waals surface area contributed by atoms with Gasteiger partial charge < -0.3 is 15.0 Å². The molecule has 0 unspecified atom stereocenters. The first kappa shape index (κ1) is 26.4. The molecule has 0 aliphatic heterocycles. The molecule has 2 aromatic carbocycles. The molecule has 0 aliphatic rings. The van der Waals surface area contributed by atoms with Crippen LogP contribution in [-0.4, -0.2) is 33.8 Å². The highest BCUT2D eigenvalue weighted by molar-refractivity contribution is 9.10. The fourth-order valence-electron chi connectivity index (χ4n) is 3.80. The summed E-state index contributed by atoms with van der Waals surface area (Å²) in [5, 5.41) is 16.2. The van der Waals surface area contributed by atoms with Crippen molar-refractivity contribution in [3.8, 4) is 11.1 Å². The van der Waals surface area contributed by atoms with Gasteiger partial charge in [-0.3, -0.25) is 0 Å². The number of aromatic nitrogens is 2. The van der Waals surface area contributed by atoms with Gasteiger partial charge in [0.05, 0.1) is 6.04 Å². The van der Waals surface area contributed by atoms with Gasteiger partial charge in [0.1, 0.15) is 5.60 Å². The smallest absolute Gasteiger partial charge is 0.410 e. The van der Waals surface area contributed by atoms with Crippen LogP contribution in [0.3, 0.4) is 0 Å². The zero-order valence-electron chi connectivity index (χ0n) is 20.8. The molecule has 2 aromatic heterocycles. The van der Waals surface area contributed by atoms with Crippen LogP contribution in [0.2, 0.25) is 5.15 Å². The van der Waals surface area contributed by atoms with Crippen molar-refractivity contribution in [3.63, 3.8) is 0 Å². The molecule has 4 aromatic rings. The number of nitrogens with one attached hydrogen (secondary N) is 1. The molecule has 1 N–H and O–H groups in total. The van der Waals surface area contributed by atoms with Crippen molar-refractivity contribution in [3.05, 3.63) is 74.0 Å². The number of rotatable bonds is 6. The number of carbonyl (C=O) groups excluding carboxylic acids is 1. The minimum atomic E-state index is -0.536. The second-order valence-electron chi connectivity index (χ2n) is 9.63. The van der Waals surface area contributed by atoms with Crippen LogP contribution in [0.4, 0.5) is 10.6 Å². The highest BCUT2D eigenvalue weighted by Crippen LogP contribution is 2.35. The molecule has 9 heteroatoms. The fourth-order valence-corrected chi connectivity index (χ4v) is 5.28. The molecule has 1 atom stereocenters. The van der Waals surface area contributed by atoms with Gasteiger partial charge in [-0.15, -0.1) is 21.5 Å². The molecule has 188 valence electrons. The van der Waals surface area contributed by atoms with Crippen LogP contribution in [0.1, 0.15) is 44.2 Å². The molecule has 2 heterocycles. The maximum Gasteiger partial charge on any atom is 0.410 e. The number of ether oxygens (including phenoxy) is 1. The van der Waals surface area contributed by atoms with Crippen LogP contribution in [0.5, 0.6) is 0 Å². The molecule has 0 spiro atoms. The number of hydrogen-bond donors (Lipinski definition) is 1. The fraction of sp³-hybridized carbons (Fsp3) is 0.296. The maximum atomic E-state index is 12.5. The minimum Gasteiger partial charge on any atom is -0.444 e. The number of halogens is 2. The maximum absolute atomic E-state index is 12.5. The van der Waals surface area contributed by atoms with Gasteiger partial charge in [0.15, 0.2) is 11.0 Å². The van der Waals surface area contributed by atoms with Crippen LogP contribution in [-0.2, 0) is 11.3 Å². The van der Waals surface area contributed by atoms with E-state index in [-0.39, 0.29) is 12.1 Å². The number of benzene rings is 2. The first-order chi connectivity index (χ1) is 17.0. The number of fused-ring (bicyclic) bond motifs is 1. The number of anilines is 1. The van der Waals surface area contributed by atoms with Crippen LogP contribution in [0, 0.1) is 0 Å². The zero-order chi connectivity index (χ0) is 26.0. The monoisotopic (exact) mass is 586 g/mol. The number of amides is 1. The van der Waals surface area contributed by atoms with Gasteiger partial charge in [-0.05, 0) is 74.0 Å². The average molecular weight is 588 g/mol. The summed E-state index contributed by atoms with van der Waals surface area (Å²) in [5.41, 5.74) is 2.71. The lowest BCUT2D eigenvalue weighted by atomic mass is 10.0. The molecule has 1 amide bonds. The summed E-state index contributed by atoms with van der Waals surface area (Å²) in [7, 11) is 1.76. The quantitative estimate of drug-likeness (QED) is 0.246. The Morgan fingerprint density at radius 3 is 2.67 bits per heavy atom. The molecule has 0 fully saturated rings. The van der Waals surface area contributed by atoms with Gasteiger partial charge in [-0.1, -0.05) is 51.8 Å². The number of carbonyl (C=O) groups is 1. The molecule has 4 rings (SSSR count). The molecular formula is C27H28BrClN4O2S. The van der Waals surface area contributed by atoms with Crippen molar-refractivity contribution in [2.45, 2.75) is 45.9 Å². The molecular weight excluding hydrogens is 560 g/mol. The predicted molar refractivity (Wildman–Crippen MR) is 152 cm³/mol. The zero-order valence-corrected chi connectivity index (χ0v) is 24.0. The van der Waals surface area contributed by atoms with E-state index in [9.17, 15) is 4.79 Å². The predicted octanol–water partition coefficient (Wildman–Crippen LogP) is 8.31. The Hall–Kier alpha value is -2.68. The Balaban J connectivity index is 1.55. The van der Waals surface area contributed by atoms with Gasteiger partial charge in [0, 0.05) is 33.7 Å². The van der Waals surface area contributed by atoms with Gasteiger partial charge in [0.2, 0.25) is 0 Å². The Kier molecular flexibility index (Phi) is 7.87. The van der Waals surface area contributed by atoms with E-state index in [4.69, 9.17) is 16.3 Å². The average Bonchev–Trinajstić information content (AvgIpc) is 3.30. The molecule has 0 aliphatic carbocycles. The normalized spacial score (nSPS) is 12.4. The summed E-state index contributed by atoms with van der Waals surface area (Å²) in [4.78, 5) is 15.2. The lowest BCUT2D eigenvalue weighted by Gasteiger charge is -2.25. The van der Waals surface area contributed by atoms with Crippen molar-refractivity contribution in [1.82, 2.24) is 15.1 Å². The first-order valence-electron chi connectivity index (χ1n) is 11.5. The van der Waals surface area contributed by atoms with Gasteiger partial charge >= 0.3 is 6.09 Å². The summed E-state index contributed by atoms with van der Waals surface area (Å²) in [5.74, 6) is 0.678. The molecule has 0 saturated heterocycles. The molecule has 36 heavy (non-hydrogen) atoms. The highest BCUT2D eigenvalue weighted by atomic mass is 79.9. The third-order valence-electron chi connectivity index (χ3n) is 5.54. The summed E-state index contributed by atoms with van der Waals surface area (Å²) in [6.07, 6.45) is -0.343. The van der Waals surface area contributed by atoms with Crippen LogP contribution in [0.25, 0.3) is 21.9 Å². The number of thiophene rings is 1. The second kappa shape index (κ2) is 10.7. The number of nitrogens with zero attached hydrogens (tertiary/aromatic N) is 3. The van der Waals surface area contributed by atoms with Crippen LogP contribution in [0.15, 0.2) is 58.4 Å². The van der Waals surface area contributed by atoms with Crippen molar-refractivity contribution in [2.24, 2.45) is 0 Å². The van der Waals surface area contributed by atoms with Gasteiger partial charge in [-0.2, -0.15) is 0 Å². The Labute approximate surface area is 228 Å². The van der Waals surface area contributed by atoms with E-state index in [1.807, 2.05) is 57.2 Å². The lowest BCUT2D eigenvalue weighted by Crippen LogP contribution is -2.33. The summed E-state index contributed by atoms with van der Waals surface area (Å²) in [6.45, 7) is 8.15. The lowest BCUT2D eigenvalue weighted by molar-refractivity contribution is 0.0285.